The van der Waals surface area contributed by atoms with Crippen molar-refractivity contribution in [1.29, 1.82) is 0 Å². The molecule has 2 aromatic rings. The summed E-state index contributed by atoms with van der Waals surface area (Å²) >= 11 is 0. The summed E-state index contributed by atoms with van der Waals surface area (Å²) in [5.74, 6) is 0.544. The third-order valence-corrected chi connectivity index (χ3v) is 5.87. The third kappa shape index (κ3) is 4.14. The molecule has 132 valence electrons. The fourth-order valence-corrected chi connectivity index (χ4v) is 4.50. The van der Waals surface area contributed by atoms with Crippen molar-refractivity contribution in [2.75, 3.05) is 28.3 Å². The number of carbonyl (C=O) groups excluding carboxylic acids is 1. The molecule has 0 saturated carbocycles. The monoisotopic (exact) mass is 360 g/mol. The van der Waals surface area contributed by atoms with Crippen LogP contribution >= 0.6 is 0 Å². The third-order valence-electron chi connectivity index (χ3n) is 4.10. The van der Waals surface area contributed by atoms with Crippen molar-refractivity contribution in [2.24, 2.45) is 0 Å². The van der Waals surface area contributed by atoms with Gasteiger partial charge in [-0.05, 0) is 37.6 Å². The minimum atomic E-state index is -2.95. The Morgan fingerprint density at radius 1 is 1.20 bits per heavy atom. The Morgan fingerprint density at radius 3 is 2.52 bits per heavy atom. The lowest BCUT2D eigenvalue weighted by Gasteiger charge is -2.20. The number of aromatic nitrogens is 2. The number of sulfone groups is 1. The van der Waals surface area contributed by atoms with Gasteiger partial charge in [-0.25, -0.2) is 8.42 Å². The van der Waals surface area contributed by atoms with Gasteiger partial charge >= 0.3 is 0 Å². The molecule has 0 spiro atoms. The second kappa shape index (κ2) is 7.18. The molecule has 1 fully saturated rings. The van der Waals surface area contributed by atoms with Crippen LogP contribution in [0.5, 0.6) is 0 Å². The van der Waals surface area contributed by atoms with E-state index in [2.05, 4.69) is 15.5 Å². The lowest BCUT2D eigenvalue weighted by molar-refractivity contribution is 0.0982. The van der Waals surface area contributed by atoms with Gasteiger partial charge in [0.25, 0.3) is 5.91 Å². The number of anilines is 2. The SMILES string of the molecule is CCN(C(=O)c1ccc(NC2CCS(=O)(=O)C2)nn1)c1ccccc1. The van der Waals surface area contributed by atoms with E-state index >= 15 is 0 Å². The average molecular weight is 360 g/mol. The number of rotatable bonds is 5. The Bertz CT molecular complexity index is 838. The van der Waals surface area contributed by atoms with Crippen LogP contribution in [0.15, 0.2) is 42.5 Å². The van der Waals surface area contributed by atoms with Crippen LogP contribution in [0.1, 0.15) is 23.8 Å². The maximum Gasteiger partial charge on any atom is 0.278 e. The summed E-state index contributed by atoms with van der Waals surface area (Å²) in [7, 11) is -2.95. The molecule has 1 amide bonds. The molecule has 1 atom stereocenters. The second-order valence-electron chi connectivity index (χ2n) is 5.93. The van der Waals surface area contributed by atoms with Gasteiger partial charge in [0.05, 0.1) is 11.5 Å². The quantitative estimate of drug-likeness (QED) is 0.873. The first-order chi connectivity index (χ1) is 12.0. The molecular weight excluding hydrogens is 340 g/mol. The summed E-state index contributed by atoms with van der Waals surface area (Å²) in [4.78, 5) is 14.3. The smallest absolute Gasteiger partial charge is 0.278 e. The average Bonchev–Trinajstić information content (AvgIpc) is 2.95. The van der Waals surface area contributed by atoms with E-state index in [1.54, 1.807) is 17.0 Å². The number of benzene rings is 1. The Labute approximate surface area is 147 Å². The highest BCUT2D eigenvalue weighted by Gasteiger charge is 2.28. The highest BCUT2D eigenvalue weighted by atomic mass is 32.2. The largest absolute Gasteiger partial charge is 0.365 e. The van der Waals surface area contributed by atoms with Gasteiger partial charge in [-0.3, -0.25) is 4.79 Å². The molecule has 1 unspecified atom stereocenters. The highest BCUT2D eigenvalue weighted by Crippen LogP contribution is 2.18. The molecule has 7 nitrogen and oxygen atoms in total. The van der Waals surface area contributed by atoms with E-state index in [1.165, 1.54) is 0 Å². The minimum Gasteiger partial charge on any atom is -0.365 e. The highest BCUT2D eigenvalue weighted by molar-refractivity contribution is 7.91. The number of para-hydroxylation sites is 1. The summed E-state index contributed by atoms with van der Waals surface area (Å²) in [6.45, 7) is 2.42. The first kappa shape index (κ1) is 17.3. The zero-order valence-corrected chi connectivity index (χ0v) is 14.7. The van der Waals surface area contributed by atoms with Crippen LogP contribution < -0.4 is 10.2 Å². The first-order valence-corrected chi connectivity index (χ1v) is 9.98. The Hall–Kier alpha value is -2.48. The molecule has 1 saturated heterocycles. The molecule has 0 radical (unpaired) electrons. The first-order valence-electron chi connectivity index (χ1n) is 8.16. The molecule has 8 heteroatoms. The van der Waals surface area contributed by atoms with E-state index in [0.717, 1.165) is 5.69 Å². The fraction of sp³-hybridized carbons (Fsp3) is 0.353. The topological polar surface area (TPSA) is 92.3 Å². The second-order valence-corrected chi connectivity index (χ2v) is 8.16. The van der Waals surface area contributed by atoms with Gasteiger partial charge in [-0.15, -0.1) is 10.2 Å². The summed E-state index contributed by atoms with van der Waals surface area (Å²) in [5.41, 5.74) is 1.05. The van der Waals surface area contributed by atoms with Crippen LogP contribution in [0, 0.1) is 0 Å². The van der Waals surface area contributed by atoms with Gasteiger partial charge in [0.1, 0.15) is 5.82 Å². The molecule has 1 aliphatic heterocycles. The van der Waals surface area contributed by atoms with Crippen LogP contribution in [-0.4, -0.2) is 48.6 Å². The van der Waals surface area contributed by atoms with Crippen LogP contribution in [0.25, 0.3) is 0 Å². The van der Waals surface area contributed by atoms with E-state index in [9.17, 15) is 13.2 Å². The van der Waals surface area contributed by atoms with Gasteiger partial charge in [0.15, 0.2) is 15.5 Å². The minimum absolute atomic E-state index is 0.104. The number of nitrogens with one attached hydrogen (secondary N) is 1. The Kier molecular flexibility index (Phi) is 4.98. The number of nitrogens with zero attached hydrogens (tertiary/aromatic N) is 3. The van der Waals surface area contributed by atoms with Crippen LogP contribution in [0.2, 0.25) is 0 Å². The molecule has 0 aliphatic carbocycles. The van der Waals surface area contributed by atoms with Crippen molar-refractivity contribution in [1.82, 2.24) is 10.2 Å². The van der Waals surface area contributed by atoms with Crippen molar-refractivity contribution >= 4 is 27.2 Å². The van der Waals surface area contributed by atoms with Crippen LogP contribution in [-0.2, 0) is 9.84 Å². The maximum atomic E-state index is 12.6. The number of carbonyl (C=O) groups is 1. The van der Waals surface area contributed by atoms with Gasteiger partial charge in [-0.1, -0.05) is 18.2 Å². The Morgan fingerprint density at radius 2 is 1.96 bits per heavy atom. The number of amides is 1. The molecule has 1 aliphatic rings. The molecule has 1 aromatic heterocycles. The normalized spacial score (nSPS) is 18.7. The Balaban J connectivity index is 1.70. The van der Waals surface area contributed by atoms with Crippen molar-refractivity contribution in [3.8, 4) is 0 Å². The van der Waals surface area contributed by atoms with Crippen LogP contribution in [0.4, 0.5) is 11.5 Å². The summed E-state index contributed by atoms with van der Waals surface area (Å²) in [6, 6.07) is 12.5. The molecule has 1 aromatic carbocycles. The van der Waals surface area contributed by atoms with Crippen molar-refractivity contribution in [3.63, 3.8) is 0 Å². The predicted molar refractivity (Wildman–Crippen MR) is 96.5 cm³/mol. The summed E-state index contributed by atoms with van der Waals surface area (Å²) in [6.07, 6.45) is 0.558. The molecular formula is C17H20N4O3S. The van der Waals surface area contributed by atoms with Gasteiger partial charge in [0, 0.05) is 18.3 Å². The fourth-order valence-electron chi connectivity index (χ4n) is 2.83. The standard InChI is InChI=1S/C17H20N4O3S/c1-2-21(14-6-4-3-5-7-14)17(22)15-8-9-16(20-19-15)18-13-10-11-25(23,24)12-13/h3-9,13H,2,10-12H2,1H3,(H,18,20). The van der Waals surface area contributed by atoms with Crippen LogP contribution in [0.3, 0.4) is 0 Å². The molecule has 25 heavy (non-hydrogen) atoms. The van der Waals surface area contributed by atoms with E-state index in [1.807, 2.05) is 37.3 Å². The van der Waals surface area contributed by atoms with E-state index in [-0.39, 0.29) is 29.1 Å². The molecule has 3 rings (SSSR count). The zero-order chi connectivity index (χ0) is 17.9. The molecule has 1 N–H and O–H groups in total. The van der Waals surface area contributed by atoms with E-state index in [0.29, 0.717) is 18.8 Å². The van der Waals surface area contributed by atoms with Gasteiger partial charge in [-0.2, -0.15) is 0 Å². The number of hydrogen-bond donors (Lipinski definition) is 1. The van der Waals surface area contributed by atoms with E-state index < -0.39 is 9.84 Å². The van der Waals surface area contributed by atoms with E-state index in [4.69, 9.17) is 0 Å². The van der Waals surface area contributed by atoms with Crippen molar-refractivity contribution < 1.29 is 13.2 Å². The molecule has 2 heterocycles. The summed E-state index contributed by atoms with van der Waals surface area (Å²) < 4.78 is 23.0. The van der Waals surface area contributed by atoms with Gasteiger partial charge in [0.2, 0.25) is 0 Å². The van der Waals surface area contributed by atoms with Crippen molar-refractivity contribution in [3.05, 3.63) is 48.2 Å². The molecule has 0 bridgehead atoms. The predicted octanol–water partition coefficient (Wildman–Crippen LogP) is 1.74. The summed E-state index contributed by atoms with van der Waals surface area (Å²) in [5, 5.41) is 11.1. The van der Waals surface area contributed by atoms with Gasteiger partial charge < -0.3 is 10.2 Å². The lowest BCUT2D eigenvalue weighted by Crippen LogP contribution is -2.31. The van der Waals surface area contributed by atoms with Crippen molar-refractivity contribution in [2.45, 2.75) is 19.4 Å². The maximum absolute atomic E-state index is 12.6. The number of hydrogen-bond acceptors (Lipinski definition) is 6. The zero-order valence-electron chi connectivity index (χ0n) is 13.9. The lowest BCUT2D eigenvalue weighted by atomic mass is 10.2.